The monoisotopic (exact) mass is 188 g/mol. The topological polar surface area (TPSA) is 106 Å². The van der Waals surface area contributed by atoms with Gasteiger partial charge in [0.05, 0.1) is 4.92 Å². The third kappa shape index (κ3) is 1.35. The minimum atomic E-state index is -1.25. The van der Waals surface area contributed by atoms with Crippen molar-refractivity contribution in [2.75, 3.05) is 5.73 Å². The first-order chi connectivity index (χ1) is 5.52. The molecule has 0 saturated heterocycles. The van der Waals surface area contributed by atoms with Crippen molar-refractivity contribution in [3.63, 3.8) is 0 Å². The number of carboxylic acids is 1. The van der Waals surface area contributed by atoms with Crippen molar-refractivity contribution in [3.05, 3.63) is 21.7 Å². The van der Waals surface area contributed by atoms with E-state index in [9.17, 15) is 14.9 Å². The van der Waals surface area contributed by atoms with Crippen LogP contribution >= 0.6 is 11.3 Å². The molecule has 0 atom stereocenters. The van der Waals surface area contributed by atoms with Gasteiger partial charge in [-0.1, -0.05) is 0 Å². The van der Waals surface area contributed by atoms with Crippen LogP contribution in [-0.4, -0.2) is 16.0 Å². The van der Waals surface area contributed by atoms with Crippen LogP contribution in [0.1, 0.15) is 10.4 Å². The SMILES string of the molecule is Nc1sc([N+](=O)[O-])cc1C(=O)O. The Hall–Kier alpha value is -1.63. The maximum atomic E-state index is 10.4. The lowest BCUT2D eigenvalue weighted by Gasteiger charge is -1.85. The van der Waals surface area contributed by atoms with E-state index in [1.54, 1.807) is 0 Å². The highest BCUT2D eigenvalue weighted by Gasteiger charge is 2.18. The number of rotatable bonds is 2. The Kier molecular flexibility index (Phi) is 1.96. The van der Waals surface area contributed by atoms with Crippen molar-refractivity contribution in [1.82, 2.24) is 0 Å². The number of aromatic carboxylic acids is 1. The van der Waals surface area contributed by atoms with E-state index in [-0.39, 0.29) is 15.6 Å². The highest BCUT2D eigenvalue weighted by molar-refractivity contribution is 7.19. The van der Waals surface area contributed by atoms with Crippen molar-refractivity contribution >= 4 is 27.3 Å². The summed E-state index contributed by atoms with van der Waals surface area (Å²) < 4.78 is 0. The molecule has 3 N–H and O–H groups in total. The molecular weight excluding hydrogens is 184 g/mol. The van der Waals surface area contributed by atoms with E-state index in [4.69, 9.17) is 10.8 Å². The van der Waals surface area contributed by atoms with Crippen molar-refractivity contribution in [3.8, 4) is 0 Å². The van der Waals surface area contributed by atoms with Crippen LogP contribution in [0.3, 0.4) is 0 Å². The molecule has 0 aromatic carbocycles. The molecule has 0 spiro atoms. The fraction of sp³-hybridized carbons (Fsp3) is 0. The molecule has 6 nitrogen and oxygen atoms in total. The highest BCUT2D eigenvalue weighted by atomic mass is 32.1. The predicted molar refractivity (Wildman–Crippen MR) is 42.3 cm³/mol. The van der Waals surface area contributed by atoms with Gasteiger partial charge in [0.15, 0.2) is 0 Å². The molecule has 0 fully saturated rings. The highest BCUT2D eigenvalue weighted by Crippen LogP contribution is 2.30. The molecule has 0 amide bonds. The third-order valence-electron chi connectivity index (χ3n) is 1.16. The van der Waals surface area contributed by atoms with Crippen LogP contribution in [0.5, 0.6) is 0 Å². The summed E-state index contributed by atoms with van der Waals surface area (Å²) in [5, 5.41) is 18.3. The molecular formula is C5H4N2O4S. The van der Waals surface area contributed by atoms with E-state index >= 15 is 0 Å². The Morgan fingerprint density at radius 3 is 2.58 bits per heavy atom. The lowest BCUT2D eigenvalue weighted by atomic mass is 10.3. The summed E-state index contributed by atoms with van der Waals surface area (Å²) in [6.07, 6.45) is 0. The smallest absolute Gasteiger partial charge is 0.338 e. The first-order valence-electron chi connectivity index (χ1n) is 2.79. The fourth-order valence-electron chi connectivity index (χ4n) is 0.649. The average molecular weight is 188 g/mol. The maximum absolute atomic E-state index is 10.4. The largest absolute Gasteiger partial charge is 0.478 e. The van der Waals surface area contributed by atoms with Crippen molar-refractivity contribution in [2.24, 2.45) is 0 Å². The number of nitro groups is 1. The molecule has 0 bridgehead atoms. The Morgan fingerprint density at radius 2 is 2.33 bits per heavy atom. The van der Waals surface area contributed by atoms with Crippen LogP contribution in [0.2, 0.25) is 0 Å². The van der Waals surface area contributed by atoms with Gasteiger partial charge in [0.2, 0.25) is 0 Å². The van der Waals surface area contributed by atoms with Crippen LogP contribution in [0.15, 0.2) is 6.07 Å². The standard InChI is InChI=1S/C5H4N2O4S/c6-4-2(5(8)9)1-3(12-4)7(10)11/h1H,6H2,(H,8,9). The molecule has 1 rings (SSSR count). The number of hydrogen-bond acceptors (Lipinski definition) is 5. The van der Waals surface area contributed by atoms with Crippen LogP contribution in [-0.2, 0) is 0 Å². The van der Waals surface area contributed by atoms with Gasteiger partial charge in [0.25, 0.3) is 0 Å². The molecule has 12 heavy (non-hydrogen) atoms. The van der Waals surface area contributed by atoms with Gasteiger partial charge in [0.1, 0.15) is 10.6 Å². The van der Waals surface area contributed by atoms with Gasteiger partial charge in [-0.25, -0.2) is 4.79 Å². The number of carbonyl (C=O) groups is 1. The van der Waals surface area contributed by atoms with E-state index in [1.165, 1.54) is 0 Å². The molecule has 0 radical (unpaired) electrons. The molecule has 0 aliphatic carbocycles. The van der Waals surface area contributed by atoms with Crippen LogP contribution < -0.4 is 5.73 Å². The predicted octanol–water partition coefficient (Wildman–Crippen LogP) is 0.937. The van der Waals surface area contributed by atoms with E-state index in [2.05, 4.69) is 0 Å². The summed E-state index contributed by atoms with van der Waals surface area (Å²) >= 11 is 0.649. The van der Waals surface area contributed by atoms with Crippen molar-refractivity contribution in [1.29, 1.82) is 0 Å². The number of hydrogen-bond donors (Lipinski definition) is 2. The maximum Gasteiger partial charge on any atom is 0.338 e. The molecule has 0 aliphatic heterocycles. The Labute approximate surface area is 70.4 Å². The summed E-state index contributed by atoms with van der Waals surface area (Å²) in [5.74, 6) is -1.25. The van der Waals surface area contributed by atoms with Gasteiger partial charge in [-0.05, 0) is 11.3 Å². The normalized spacial score (nSPS) is 9.67. The summed E-state index contributed by atoms with van der Waals surface area (Å²) in [6.45, 7) is 0. The Bertz CT molecular complexity index is 345. The van der Waals surface area contributed by atoms with Gasteiger partial charge in [-0.2, -0.15) is 0 Å². The van der Waals surface area contributed by atoms with E-state index < -0.39 is 10.9 Å². The van der Waals surface area contributed by atoms with E-state index in [0.29, 0.717) is 11.3 Å². The molecule has 0 unspecified atom stereocenters. The minimum Gasteiger partial charge on any atom is -0.478 e. The number of thiophene rings is 1. The second kappa shape index (κ2) is 2.78. The minimum absolute atomic E-state index is 0.0470. The summed E-state index contributed by atoms with van der Waals surface area (Å²) in [5.41, 5.74) is 5.00. The molecule has 64 valence electrons. The van der Waals surface area contributed by atoms with E-state index in [1.807, 2.05) is 0 Å². The second-order valence-electron chi connectivity index (χ2n) is 1.92. The zero-order valence-electron chi connectivity index (χ0n) is 5.68. The number of nitrogens with zero attached hydrogens (tertiary/aromatic N) is 1. The van der Waals surface area contributed by atoms with Crippen LogP contribution in [0.25, 0.3) is 0 Å². The molecule has 7 heteroatoms. The average Bonchev–Trinajstić information content (AvgIpc) is 2.30. The zero-order chi connectivity index (χ0) is 9.30. The third-order valence-corrected chi connectivity index (χ3v) is 2.07. The van der Waals surface area contributed by atoms with E-state index in [0.717, 1.165) is 6.07 Å². The van der Waals surface area contributed by atoms with Gasteiger partial charge in [0, 0.05) is 6.07 Å². The van der Waals surface area contributed by atoms with Gasteiger partial charge < -0.3 is 10.8 Å². The van der Waals surface area contributed by atoms with Crippen LogP contribution in [0.4, 0.5) is 10.0 Å². The number of nitrogens with two attached hydrogens (primary N) is 1. The van der Waals surface area contributed by atoms with Gasteiger partial charge in [-0.3, -0.25) is 10.1 Å². The lowest BCUT2D eigenvalue weighted by molar-refractivity contribution is -0.380. The zero-order valence-corrected chi connectivity index (χ0v) is 6.50. The van der Waals surface area contributed by atoms with Crippen LogP contribution in [0, 0.1) is 10.1 Å². The molecule has 0 aliphatic rings. The first kappa shape index (κ1) is 8.47. The lowest BCUT2D eigenvalue weighted by Crippen LogP contribution is -1.97. The second-order valence-corrected chi connectivity index (χ2v) is 2.99. The Morgan fingerprint density at radius 1 is 1.75 bits per heavy atom. The molecule has 1 aromatic rings. The number of anilines is 1. The number of nitrogen functional groups attached to an aromatic ring is 1. The summed E-state index contributed by atoms with van der Waals surface area (Å²) in [6, 6.07) is 0.947. The summed E-state index contributed by atoms with van der Waals surface area (Å²) in [7, 11) is 0. The van der Waals surface area contributed by atoms with Gasteiger partial charge in [-0.15, -0.1) is 0 Å². The number of carboxylic acid groups (broad SMARTS) is 1. The summed E-state index contributed by atoms with van der Waals surface area (Å²) in [4.78, 5) is 19.8. The molecule has 1 aromatic heterocycles. The molecule has 1 heterocycles. The fourth-order valence-corrected chi connectivity index (χ4v) is 1.38. The van der Waals surface area contributed by atoms with Gasteiger partial charge >= 0.3 is 11.0 Å². The van der Waals surface area contributed by atoms with Crippen molar-refractivity contribution < 1.29 is 14.8 Å². The Balaban J connectivity index is 3.17. The van der Waals surface area contributed by atoms with Crippen molar-refractivity contribution in [2.45, 2.75) is 0 Å². The quantitative estimate of drug-likeness (QED) is 0.530. The molecule has 0 saturated carbocycles. The first-order valence-corrected chi connectivity index (χ1v) is 3.61.